The van der Waals surface area contributed by atoms with Crippen LogP contribution in [0.2, 0.25) is 0 Å². The van der Waals surface area contributed by atoms with Crippen LogP contribution < -0.4 is 10.6 Å². The lowest BCUT2D eigenvalue weighted by molar-refractivity contribution is -0.128. The van der Waals surface area contributed by atoms with E-state index in [9.17, 15) is 18.0 Å². The summed E-state index contributed by atoms with van der Waals surface area (Å²) in [4.78, 5) is 11.2. The number of carbonyl (C=O) groups excluding carboxylic acids is 1. The Morgan fingerprint density at radius 1 is 1.38 bits per heavy atom. The summed E-state index contributed by atoms with van der Waals surface area (Å²) < 4.78 is 35.3. The van der Waals surface area contributed by atoms with Crippen LogP contribution in [0.4, 0.5) is 13.2 Å². The summed E-state index contributed by atoms with van der Waals surface area (Å²) in [5, 5.41) is 4.74. The van der Waals surface area contributed by atoms with Crippen molar-refractivity contribution in [2.75, 3.05) is 13.1 Å². The Bertz CT molecular complexity index is 263. The van der Waals surface area contributed by atoms with Crippen molar-refractivity contribution in [1.82, 2.24) is 10.6 Å². The molecule has 1 atom stereocenters. The molecule has 0 spiro atoms. The fourth-order valence-corrected chi connectivity index (χ4v) is 1.52. The minimum atomic E-state index is -4.27. The van der Waals surface area contributed by atoms with Crippen LogP contribution in [-0.4, -0.2) is 31.2 Å². The molecule has 0 aliphatic heterocycles. The van der Waals surface area contributed by atoms with Gasteiger partial charge in [0, 0.05) is 6.04 Å². The van der Waals surface area contributed by atoms with Gasteiger partial charge < -0.3 is 10.6 Å². The molecule has 0 aromatic carbocycles. The van der Waals surface area contributed by atoms with E-state index >= 15 is 0 Å². The topological polar surface area (TPSA) is 41.1 Å². The Morgan fingerprint density at radius 3 is 2.69 bits per heavy atom. The van der Waals surface area contributed by atoms with Gasteiger partial charge in [0.05, 0.1) is 13.1 Å². The second kappa shape index (κ2) is 5.89. The number of alkyl halides is 3. The van der Waals surface area contributed by atoms with Crippen LogP contribution >= 0.6 is 0 Å². The van der Waals surface area contributed by atoms with Crippen LogP contribution in [-0.2, 0) is 4.79 Å². The van der Waals surface area contributed by atoms with Crippen molar-refractivity contribution in [3.63, 3.8) is 0 Å². The van der Waals surface area contributed by atoms with Crippen molar-refractivity contribution in [1.29, 1.82) is 0 Å². The predicted molar refractivity (Wildman–Crippen MR) is 53.8 cm³/mol. The van der Waals surface area contributed by atoms with E-state index in [1.54, 1.807) is 0 Å². The highest BCUT2D eigenvalue weighted by molar-refractivity contribution is 5.78. The van der Waals surface area contributed by atoms with Crippen molar-refractivity contribution >= 4 is 5.91 Å². The second-order valence-electron chi connectivity index (χ2n) is 3.77. The van der Waals surface area contributed by atoms with Crippen LogP contribution in [0.3, 0.4) is 0 Å². The maximum atomic E-state index is 11.8. The first kappa shape index (κ1) is 13.0. The Morgan fingerprint density at radius 2 is 2.12 bits per heavy atom. The molecular weight excluding hydrogens is 221 g/mol. The highest BCUT2D eigenvalue weighted by Crippen LogP contribution is 2.12. The molecule has 2 N–H and O–H groups in total. The molecule has 1 aliphatic carbocycles. The molecule has 0 bridgehead atoms. The number of hydrogen-bond acceptors (Lipinski definition) is 2. The highest BCUT2D eigenvalue weighted by atomic mass is 19.4. The first-order valence-corrected chi connectivity index (χ1v) is 5.19. The molecule has 92 valence electrons. The number of amides is 1. The molecule has 0 radical (unpaired) electrons. The van der Waals surface area contributed by atoms with Crippen LogP contribution in [0.25, 0.3) is 0 Å². The summed E-state index contributed by atoms with van der Waals surface area (Å²) in [6, 6.07) is 0.0604. The zero-order chi connectivity index (χ0) is 12.0. The number of nitrogens with one attached hydrogen (secondary N) is 2. The summed E-state index contributed by atoms with van der Waals surface area (Å²) >= 11 is 0. The molecule has 3 nitrogen and oxygen atoms in total. The van der Waals surface area contributed by atoms with Crippen LogP contribution in [0, 0.1) is 0 Å². The van der Waals surface area contributed by atoms with Crippen molar-refractivity contribution in [3.8, 4) is 0 Å². The molecule has 1 aliphatic rings. The van der Waals surface area contributed by atoms with Gasteiger partial charge in [-0.15, -0.1) is 0 Å². The first-order valence-electron chi connectivity index (χ1n) is 5.19. The lowest BCUT2D eigenvalue weighted by atomic mass is 10.0. The van der Waals surface area contributed by atoms with E-state index in [4.69, 9.17) is 0 Å². The SMILES string of the molecule is O=C(CNCC(F)(F)F)NC1CC=CCC1. The van der Waals surface area contributed by atoms with Gasteiger partial charge in [-0.25, -0.2) is 0 Å². The standard InChI is InChI=1S/C10H15F3N2O/c11-10(12,13)7-14-6-9(16)15-8-4-2-1-3-5-8/h1-2,8,14H,3-7H2,(H,15,16). The monoisotopic (exact) mass is 236 g/mol. The third kappa shape index (κ3) is 5.75. The molecule has 0 aromatic rings. The molecule has 16 heavy (non-hydrogen) atoms. The number of allylic oxidation sites excluding steroid dienone is 1. The minimum Gasteiger partial charge on any atom is -0.352 e. The van der Waals surface area contributed by atoms with E-state index in [1.807, 2.05) is 12.2 Å². The van der Waals surface area contributed by atoms with Crippen molar-refractivity contribution in [3.05, 3.63) is 12.2 Å². The number of hydrogen-bond donors (Lipinski definition) is 2. The zero-order valence-corrected chi connectivity index (χ0v) is 8.81. The van der Waals surface area contributed by atoms with Crippen LogP contribution in [0.15, 0.2) is 12.2 Å². The van der Waals surface area contributed by atoms with E-state index in [0.717, 1.165) is 19.3 Å². The average Bonchev–Trinajstić information content (AvgIpc) is 2.17. The summed E-state index contributed by atoms with van der Waals surface area (Å²) in [7, 11) is 0. The summed E-state index contributed by atoms with van der Waals surface area (Å²) in [6.45, 7) is -1.43. The zero-order valence-electron chi connectivity index (χ0n) is 8.81. The third-order valence-corrected chi connectivity index (χ3v) is 2.25. The van der Waals surface area contributed by atoms with Crippen LogP contribution in [0.5, 0.6) is 0 Å². The summed E-state index contributed by atoms with van der Waals surface area (Å²) in [6.07, 6.45) is 2.24. The van der Waals surface area contributed by atoms with Gasteiger partial charge in [-0.1, -0.05) is 12.2 Å². The van der Waals surface area contributed by atoms with Gasteiger partial charge in [-0.3, -0.25) is 4.79 Å². The summed E-state index contributed by atoms with van der Waals surface area (Å²) in [5.74, 6) is -0.385. The normalized spacial score (nSPS) is 20.8. The van der Waals surface area contributed by atoms with Gasteiger partial charge in [-0.2, -0.15) is 13.2 Å². The maximum Gasteiger partial charge on any atom is 0.401 e. The molecule has 1 unspecified atom stereocenters. The predicted octanol–water partition coefficient (Wildman–Crippen LogP) is 1.36. The largest absolute Gasteiger partial charge is 0.401 e. The third-order valence-electron chi connectivity index (χ3n) is 2.25. The number of halogens is 3. The number of carbonyl (C=O) groups is 1. The first-order chi connectivity index (χ1) is 7.47. The Hall–Kier alpha value is -1.04. The molecule has 0 saturated heterocycles. The Labute approximate surface area is 92.1 Å². The molecule has 6 heteroatoms. The van der Waals surface area contributed by atoms with E-state index < -0.39 is 12.7 Å². The van der Waals surface area contributed by atoms with Gasteiger partial charge in [0.25, 0.3) is 0 Å². The molecule has 0 heterocycles. The van der Waals surface area contributed by atoms with Crippen molar-refractivity contribution in [2.24, 2.45) is 0 Å². The number of rotatable bonds is 4. The quantitative estimate of drug-likeness (QED) is 0.724. The molecule has 1 rings (SSSR count). The lowest BCUT2D eigenvalue weighted by Gasteiger charge is -2.19. The van der Waals surface area contributed by atoms with Gasteiger partial charge >= 0.3 is 6.18 Å². The van der Waals surface area contributed by atoms with Crippen molar-refractivity contribution in [2.45, 2.75) is 31.5 Å². The minimum absolute atomic E-state index is 0.0604. The van der Waals surface area contributed by atoms with E-state index in [-0.39, 0.29) is 18.5 Å². The fourth-order valence-electron chi connectivity index (χ4n) is 1.52. The highest BCUT2D eigenvalue weighted by Gasteiger charge is 2.26. The molecule has 1 amide bonds. The van der Waals surface area contributed by atoms with E-state index in [1.165, 1.54) is 0 Å². The van der Waals surface area contributed by atoms with E-state index in [0.29, 0.717) is 0 Å². The van der Waals surface area contributed by atoms with Gasteiger partial charge in [0.2, 0.25) is 5.91 Å². The van der Waals surface area contributed by atoms with Gasteiger partial charge in [0.15, 0.2) is 0 Å². The van der Waals surface area contributed by atoms with E-state index in [2.05, 4.69) is 10.6 Å². The molecular formula is C10H15F3N2O. The van der Waals surface area contributed by atoms with Crippen molar-refractivity contribution < 1.29 is 18.0 Å². The Balaban J connectivity index is 2.13. The van der Waals surface area contributed by atoms with Gasteiger partial charge in [0.1, 0.15) is 0 Å². The summed E-state index contributed by atoms with van der Waals surface area (Å²) in [5.41, 5.74) is 0. The maximum absolute atomic E-state index is 11.8. The van der Waals surface area contributed by atoms with Crippen LogP contribution in [0.1, 0.15) is 19.3 Å². The Kier molecular flexibility index (Phi) is 4.79. The van der Waals surface area contributed by atoms with Gasteiger partial charge in [-0.05, 0) is 19.3 Å². The average molecular weight is 236 g/mol. The molecule has 0 aromatic heterocycles. The smallest absolute Gasteiger partial charge is 0.352 e. The lowest BCUT2D eigenvalue weighted by Crippen LogP contribution is -2.42. The molecule has 0 fully saturated rings. The molecule has 0 saturated carbocycles. The second-order valence-corrected chi connectivity index (χ2v) is 3.77. The fraction of sp³-hybridized carbons (Fsp3) is 0.700.